The molecule has 0 aliphatic heterocycles. The summed E-state index contributed by atoms with van der Waals surface area (Å²) >= 11 is 1.81. The number of hydrogen-bond acceptors (Lipinski definition) is 3. The average Bonchev–Trinajstić information content (AvgIpc) is 3.27. The summed E-state index contributed by atoms with van der Waals surface area (Å²) in [6.45, 7) is 1.90. The zero-order valence-corrected chi connectivity index (χ0v) is 11.9. The molecule has 3 heteroatoms. The van der Waals surface area contributed by atoms with Crippen LogP contribution in [0.1, 0.15) is 31.2 Å². The van der Waals surface area contributed by atoms with Gasteiger partial charge in [0.05, 0.1) is 0 Å². The number of benzene rings is 1. The van der Waals surface area contributed by atoms with Crippen LogP contribution in [0.3, 0.4) is 0 Å². The molecule has 2 fully saturated rings. The van der Waals surface area contributed by atoms with E-state index in [2.05, 4.69) is 29.4 Å². The van der Waals surface area contributed by atoms with Gasteiger partial charge in [0.1, 0.15) is 0 Å². The van der Waals surface area contributed by atoms with Gasteiger partial charge in [-0.05, 0) is 50.0 Å². The van der Waals surface area contributed by atoms with Gasteiger partial charge in [-0.15, -0.1) is 11.8 Å². The van der Waals surface area contributed by atoms with Crippen LogP contribution in [0.15, 0.2) is 23.1 Å². The van der Waals surface area contributed by atoms with Gasteiger partial charge in [-0.25, -0.2) is 0 Å². The van der Waals surface area contributed by atoms with Gasteiger partial charge in [0.25, 0.3) is 0 Å². The number of hydrogen-bond donors (Lipinski definition) is 1. The maximum Gasteiger partial charge on any atom is 0.0425 e. The van der Waals surface area contributed by atoms with E-state index < -0.39 is 0 Å². The summed E-state index contributed by atoms with van der Waals surface area (Å²) in [5.74, 6) is 0.939. The minimum absolute atomic E-state index is 0.653. The third-order valence-corrected chi connectivity index (χ3v) is 4.80. The lowest BCUT2D eigenvalue weighted by molar-refractivity contribution is 0.713. The van der Waals surface area contributed by atoms with Gasteiger partial charge in [-0.3, -0.25) is 0 Å². The second-order valence-corrected chi connectivity index (χ2v) is 6.34. The van der Waals surface area contributed by atoms with Gasteiger partial charge in [0, 0.05) is 35.3 Å². The molecule has 0 spiro atoms. The second-order valence-electron chi connectivity index (χ2n) is 5.49. The molecule has 1 aromatic rings. The summed E-state index contributed by atoms with van der Waals surface area (Å²) in [6.07, 6.45) is 7.70. The van der Waals surface area contributed by atoms with Gasteiger partial charge in [-0.1, -0.05) is 6.07 Å². The van der Waals surface area contributed by atoms with E-state index >= 15 is 0 Å². The Kier molecular flexibility index (Phi) is 3.53. The number of nitrogens with zero attached hydrogens (tertiary/aromatic N) is 1. The number of nitrogens with two attached hydrogens (primary N) is 1. The fourth-order valence-corrected chi connectivity index (χ4v) is 3.28. The Labute approximate surface area is 114 Å². The van der Waals surface area contributed by atoms with Gasteiger partial charge < -0.3 is 10.6 Å². The summed E-state index contributed by atoms with van der Waals surface area (Å²) in [7, 11) is 0. The smallest absolute Gasteiger partial charge is 0.0425 e. The molecule has 18 heavy (non-hydrogen) atoms. The van der Waals surface area contributed by atoms with E-state index in [4.69, 9.17) is 5.73 Å². The maximum atomic E-state index is 5.99. The van der Waals surface area contributed by atoms with Crippen molar-refractivity contribution in [2.75, 3.05) is 17.7 Å². The first kappa shape index (κ1) is 12.4. The van der Waals surface area contributed by atoms with E-state index in [9.17, 15) is 0 Å². The molecule has 2 aliphatic carbocycles. The summed E-state index contributed by atoms with van der Waals surface area (Å²) in [6, 6.07) is 7.43. The van der Waals surface area contributed by atoms with Crippen molar-refractivity contribution in [1.82, 2.24) is 0 Å². The topological polar surface area (TPSA) is 29.3 Å². The van der Waals surface area contributed by atoms with Crippen molar-refractivity contribution in [2.24, 2.45) is 11.7 Å². The number of rotatable bonds is 6. The maximum absolute atomic E-state index is 5.99. The molecule has 0 aromatic heterocycles. The Hall–Kier alpha value is -0.670. The molecular weight excluding hydrogens is 240 g/mol. The summed E-state index contributed by atoms with van der Waals surface area (Å²) in [5.41, 5.74) is 8.74. The van der Waals surface area contributed by atoms with Gasteiger partial charge in [-0.2, -0.15) is 0 Å². The van der Waals surface area contributed by atoms with Crippen molar-refractivity contribution < 1.29 is 0 Å². The Bertz CT molecular complexity index is 425. The molecular formula is C15H22N2S. The zero-order valence-electron chi connectivity index (χ0n) is 11.1. The Morgan fingerprint density at radius 3 is 2.61 bits per heavy atom. The zero-order chi connectivity index (χ0) is 12.5. The summed E-state index contributed by atoms with van der Waals surface area (Å²) in [5, 5.41) is 0. The SMILES string of the molecule is CSc1cccc(N(CC2CC2)C2CC2)c1CN. The van der Waals surface area contributed by atoms with Crippen molar-refractivity contribution >= 4 is 17.4 Å². The Morgan fingerprint density at radius 2 is 2.06 bits per heavy atom. The largest absolute Gasteiger partial charge is 0.368 e. The van der Waals surface area contributed by atoms with Gasteiger partial charge in [0.15, 0.2) is 0 Å². The van der Waals surface area contributed by atoms with Crippen LogP contribution < -0.4 is 10.6 Å². The monoisotopic (exact) mass is 262 g/mol. The van der Waals surface area contributed by atoms with Crippen LogP contribution >= 0.6 is 11.8 Å². The van der Waals surface area contributed by atoms with Gasteiger partial charge in [0.2, 0.25) is 0 Å². The Morgan fingerprint density at radius 1 is 1.28 bits per heavy atom. The van der Waals surface area contributed by atoms with Crippen LogP contribution in [-0.2, 0) is 6.54 Å². The molecule has 2 N–H and O–H groups in total. The molecule has 0 radical (unpaired) electrons. The molecule has 0 amide bonds. The minimum atomic E-state index is 0.653. The van der Waals surface area contributed by atoms with Crippen molar-refractivity contribution in [3.63, 3.8) is 0 Å². The highest BCUT2D eigenvalue weighted by molar-refractivity contribution is 7.98. The second kappa shape index (κ2) is 5.14. The molecule has 2 aliphatic rings. The fourth-order valence-electron chi connectivity index (χ4n) is 2.63. The highest BCUT2D eigenvalue weighted by Gasteiger charge is 2.34. The van der Waals surface area contributed by atoms with Crippen LogP contribution in [0.25, 0.3) is 0 Å². The average molecular weight is 262 g/mol. The number of anilines is 1. The predicted octanol–water partition coefficient (Wildman–Crippen LogP) is 3.25. The quantitative estimate of drug-likeness (QED) is 0.798. The molecule has 0 heterocycles. The van der Waals surface area contributed by atoms with Crippen LogP contribution in [0, 0.1) is 5.92 Å². The van der Waals surface area contributed by atoms with Crippen molar-refractivity contribution in [3.05, 3.63) is 23.8 Å². The van der Waals surface area contributed by atoms with E-state index in [-0.39, 0.29) is 0 Å². The fraction of sp³-hybridized carbons (Fsp3) is 0.600. The lowest BCUT2D eigenvalue weighted by Crippen LogP contribution is -2.29. The molecule has 1 aromatic carbocycles. The van der Waals surface area contributed by atoms with Crippen LogP contribution in [-0.4, -0.2) is 18.8 Å². The van der Waals surface area contributed by atoms with E-state index in [1.807, 2.05) is 11.8 Å². The van der Waals surface area contributed by atoms with Crippen molar-refractivity contribution in [3.8, 4) is 0 Å². The first-order valence-electron chi connectivity index (χ1n) is 6.96. The Balaban J connectivity index is 1.91. The van der Waals surface area contributed by atoms with E-state index in [1.54, 1.807) is 0 Å². The molecule has 0 bridgehead atoms. The lowest BCUT2D eigenvalue weighted by atomic mass is 10.1. The third-order valence-electron chi connectivity index (χ3n) is 3.98. The first-order valence-corrected chi connectivity index (χ1v) is 8.18. The predicted molar refractivity (Wildman–Crippen MR) is 79.2 cm³/mol. The van der Waals surface area contributed by atoms with Crippen molar-refractivity contribution in [1.29, 1.82) is 0 Å². The molecule has 2 saturated carbocycles. The van der Waals surface area contributed by atoms with Crippen LogP contribution in [0.4, 0.5) is 5.69 Å². The van der Waals surface area contributed by atoms with Crippen LogP contribution in [0.2, 0.25) is 0 Å². The summed E-state index contributed by atoms with van der Waals surface area (Å²) in [4.78, 5) is 3.98. The van der Waals surface area contributed by atoms with E-state index in [0.717, 1.165) is 12.0 Å². The highest BCUT2D eigenvalue weighted by Crippen LogP contribution is 2.40. The molecule has 3 rings (SSSR count). The molecule has 0 unspecified atom stereocenters. The standard InChI is InChI=1S/C15H22N2S/c1-18-15-4-2-3-14(13(15)9-16)17(12-7-8-12)10-11-5-6-11/h2-4,11-12H,5-10,16H2,1H3. The van der Waals surface area contributed by atoms with Crippen molar-refractivity contribution in [2.45, 2.75) is 43.2 Å². The molecule has 98 valence electrons. The molecule has 2 nitrogen and oxygen atoms in total. The number of thioether (sulfide) groups is 1. The lowest BCUT2D eigenvalue weighted by Gasteiger charge is -2.28. The van der Waals surface area contributed by atoms with Gasteiger partial charge >= 0.3 is 0 Å². The van der Waals surface area contributed by atoms with E-state index in [0.29, 0.717) is 6.54 Å². The highest BCUT2D eigenvalue weighted by atomic mass is 32.2. The third kappa shape index (κ3) is 2.52. The molecule has 0 saturated heterocycles. The molecule has 0 atom stereocenters. The van der Waals surface area contributed by atoms with Crippen LogP contribution in [0.5, 0.6) is 0 Å². The first-order chi connectivity index (χ1) is 8.83. The van der Waals surface area contributed by atoms with E-state index in [1.165, 1.54) is 48.4 Å². The minimum Gasteiger partial charge on any atom is -0.368 e. The summed E-state index contributed by atoms with van der Waals surface area (Å²) < 4.78 is 0. The normalized spacial score (nSPS) is 19.0.